The highest BCUT2D eigenvalue weighted by Gasteiger charge is 2.30. The van der Waals surface area contributed by atoms with E-state index in [1.54, 1.807) is 23.1 Å². The molecule has 0 bridgehead atoms. The van der Waals surface area contributed by atoms with Crippen molar-refractivity contribution in [3.63, 3.8) is 0 Å². The molecule has 1 heterocycles. The molecule has 134 valence electrons. The summed E-state index contributed by atoms with van der Waals surface area (Å²) >= 11 is 0. The Morgan fingerprint density at radius 3 is 2.08 bits per heavy atom. The molecule has 0 saturated carbocycles. The Labute approximate surface area is 143 Å². The van der Waals surface area contributed by atoms with Crippen molar-refractivity contribution in [1.82, 2.24) is 9.21 Å². The minimum absolute atomic E-state index is 0.140. The van der Waals surface area contributed by atoms with Gasteiger partial charge in [0.1, 0.15) is 17.1 Å². The average Bonchev–Trinajstić information content (AvgIpc) is 2.60. The summed E-state index contributed by atoms with van der Waals surface area (Å²) in [5, 5.41) is 0. The molecule has 1 saturated heterocycles. The SMILES string of the molecule is CCCS(=O)(=O)N1CCN(C(=O)c2c(OC)cccc2OC)CC1. The number of piperazine rings is 1. The summed E-state index contributed by atoms with van der Waals surface area (Å²) < 4.78 is 36.2. The van der Waals surface area contributed by atoms with Crippen LogP contribution in [0.5, 0.6) is 11.5 Å². The highest BCUT2D eigenvalue weighted by molar-refractivity contribution is 7.89. The van der Waals surface area contributed by atoms with E-state index >= 15 is 0 Å². The van der Waals surface area contributed by atoms with Crippen LogP contribution < -0.4 is 9.47 Å². The molecule has 0 N–H and O–H groups in total. The van der Waals surface area contributed by atoms with E-state index in [1.807, 2.05) is 6.92 Å². The van der Waals surface area contributed by atoms with Crippen LogP contribution >= 0.6 is 0 Å². The van der Waals surface area contributed by atoms with Crippen LogP contribution in [0.15, 0.2) is 18.2 Å². The molecule has 7 nitrogen and oxygen atoms in total. The highest BCUT2D eigenvalue weighted by Crippen LogP contribution is 2.30. The minimum Gasteiger partial charge on any atom is -0.496 e. The molecule has 0 aliphatic carbocycles. The number of benzene rings is 1. The van der Waals surface area contributed by atoms with Gasteiger partial charge in [0.05, 0.1) is 20.0 Å². The number of carbonyl (C=O) groups is 1. The molecule has 0 unspecified atom stereocenters. The highest BCUT2D eigenvalue weighted by atomic mass is 32.2. The number of amides is 1. The van der Waals surface area contributed by atoms with Gasteiger partial charge in [-0.1, -0.05) is 13.0 Å². The first-order valence-electron chi connectivity index (χ1n) is 7.92. The predicted octanol–water partition coefficient (Wildman–Crippen LogP) is 1.20. The third-order valence-electron chi connectivity index (χ3n) is 4.02. The van der Waals surface area contributed by atoms with E-state index < -0.39 is 10.0 Å². The lowest BCUT2D eigenvalue weighted by atomic mass is 10.1. The smallest absolute Gasteiger partial charge is 0.261 e. The van der Waals surface area contributed by atoms with Gasteiger partial charge in [0.15, 0.2) is 0 Å². The Balaban J connectivity index is 2.14. The average molecular weight is 356 g/mol. The summed E-state index contributed by atoms with van der Waals surface area (Å²) in [4.78, 5) is 14.5. The number of methoxy groups -OCH3 is 2. The Kier molecular flexibility index (Phi) is 6.06. The number of nitrogens with zero attached hydrogens (tertiary/aromatic N) is 2. The molecular formula is C16H24N2O5S. The van der Waals surface area contributed by atoms with Gasteiger partial charge >= 0.3 is 0 Å². The van der Waals surface area contributed by atoms with Gasteiger partial charge in [-0.3, -0.25) is 4.79 Å². The van der Waals surface area contributed by atoms with Crippen LogP contribution in [-0.2, 0) is 10.0 Å². The number of carbonyl (C=O) groups excluding carboxylic acids is 1. The zero-order valence-electron chi connectivity index (χ0n) is 14.3. The van der Waals surface area contributed by atoms with Crippen molar-refractivity contribution in [2.24, 2.45) is 0 Å². The molecule has 0 radical (unpaired) electrons. The van der Waals surface area contributed by atoms with Gasteiger partial charge in [0.2, 0.25) is 10.0 Å². The molecule has 8 heteroatoms. The molecule has 1 fully saturated rings. The fourth-order valence-corrected chi connectivity index (χ4v) is 4.27. The number of ether oxygens (including phenoxy) is 2. The number of rotatable bonds is 6. The third kappa shape index (κ3) is 3.81. The quantitative estimate of drug-likeness (QED) is 0.766. The Hall–Kier alpha value is -1.80. The van der Waals surface area contributed by atoms with Gasteiger partial charge < -0.3 is 14.4 Å². The maximum atomic E-state index is 12.8. The molecule has 0 atom stereocenters. The molecule has 0 spiro atoms. The standard InChI is InChI=1S/C16H24N2O5S/c1-4-12-24(20,21)18-10-8-17(9-11-18)16(19)15-13(22-2)6-5-7-14(15)23-3/h5-7H,4,8-12H2,1-3H3. The molecule has 1 aliphatic heterocycles. The summed E-state index contributed by atoms with van der Waals surface area (Å²) in [6.45, 7) is 3.16. The summed E-state index contributed by atoms with van der Waals surface area (Å²) in [5.74, 6) is 0.818. The van der Waals surface area contributed by atoms with Crippen molar-refractivity contribution in [2.45, 2.75) is 13.3 Å². The second-order valence-electron chi connectivity index (χ2n) is 5.54. The van der Waals surface area contributed by atoms with Crippen molar-refractivity contribution >= 4 is 15.9 Å². The van der Waals surface area contributed by atoms with Crippen molar-refractivity contribution in [1.29, 1.82) is 0 Å². The second kappa shape index (κ2) is 7.85. The number of sulfonamides is 1. The largest absolute Gasteiger partial charge is 0.496 e. The monoisotopic (exact) mass is 356 g/mol. The lowest BCUT2D eigenvalue weighted by Crippen LogP contribution is -2.51. The maximum Gasteiger partial charge on any atom is 0.261 e. The van der Waals surface area contributed by atoms with E-state index in [0.717, 1.165) is 0 Å². The van der Waals surface area contributed by atoms with E-state index in [4.69, 9.17) is 9.47 Å². The van der Waals surface area contributed by atoms with Crippen molar-refractivity contribution in [3.8, 4) is 11.5 Å². The van der Waals surface area contributed by atoms with Gasteiger partial charge in [0.25, 0.3) is 5.91 Å². The van der Waals surface area contributed by atoms with Gasteiger partial charge in [-0.15, -0.1) is 0 Å². The van der Waals surface area contributed by atoms with Crippen LogP contribution in [0, 0.1) is 0 Å². The van der Waals surface area contributed by atoms with Crippen LogP contribution in [0.4, 0.5) is 0 Å². The lowest BCUT2D eigenvalue weighted by Gasteiger charge is -2.34. The third-order valence-corrected chi connectivity index (χ3v) is 6.10. The fourth-order valence-electron chi connectivity index (χ4n) is 2.78. The van der Waals surface area contributed by atoms with Crippen LogP contribution in [0.3, 0.4) is 0 Å². The van der Waals surface area contributed by atoms with Crippen molar-refractivity contribution in [2.75, 3.05) is 46.2 Å². The lowest BCUT2D eigenvalue weighted by molar-refractivity contribution is 0.0691. The van der Waals surface area contributed by atoms with Gasteiger partial charge in [-0.05, 0) is 18.6 Å². The summed E-state index contributed by atoms with van der Waals surface area (Å²) in [6, 6.07) is 5.17. The van der Waals surface area contributed by atoms with Crippen molar-refractivity contribution < 1.29 is 22.7 Å². The van der Waals surface area contributed by atoms with E-state index in [0.29, 0.717) is 49.7 Å². The van der Waals surface area contributed by atoms with Crippen LogP contribution in [0.2, 0.25) is 0 Å². The van der Waals surface area contributed by atoms with Gasteiger partial charge in [-0.25, -0.2) is 8.42 Å². The fraction of sp³-hybridized carbons (Fsp3) is 0.562. The Morgan fingerprint density at radius 1 is 1.08 bits per heavy atom. The van der Waals surface area contributed by atoms with Gasteiger partial charge in [0, 0.05) is 26.2 Å². The van der Waals surface area contributed by atoms with Crippen LogP contribution in [0.1, 0.15) is 23.7 Å². The second-order valence-corrected chi connectivity index (χ2v) is 7.63. The zero-order chi connectivity index (χ0) is 17.7. The molecular weight excluding hydrogens is 332 g/mol. The van der Waals surface area contributed by atoms with E-state index in [1.165, 1.54) is 18.5 Å². The number of hydrogen-bond donors (Lipinski definition) is 0. The van der Waals surface area contributed by atoms with Crippen molar-refractivity contribution in [3.05, 3.63) is 23.8 Å². The minimum atomic E-state index is -3.23. The Morgan fingerprint density at radius 2 is 1.62 bits per heavy atom. The topological polar surface area (TPSA) is 76.2 Å². The van der Waals surface area contributed by atoms with E-state index in [9.17, 15) is 13.2 Å². The van der Waals surface area contributed by atoms with Crippen LogP contribution in [-0.4, -0.2) is 69.7 Å². The molecule has 1 aliphatic rings. The molecule has 1 aromatic carbocycles. The molecule has 24 heavy (non-hydrogen) atoms. The first-order valence-corrected chi connectivity index (χ1v) is 9.53. The summed E-state index contributed by atoms with van der Waals surface area (Å²) in [7, 11) is -0.225. The van der Waals surface area contributed by atoms with Gasteiger partial charge in [-0.2, -0.15) is 4.31 Å². The number of hydrogen-bond acceptors (Lipinski definition) is 5. The molecule has 0 aromatic heterocycles. The zero-order valence-corrected chi connectivity index (χ0v) is 15.1. The molecule has 1 amide bonds. The first-order chi connectivity index (χ1) is 11.4. The normalized spacial score (nSPS) is 16.0. The molecule has 2 rings (SSSR count). The van der Waals surface area contributed by atoms with E-state index in [-0.39, 0.29) is 11.7 Å². The Bertz CT molecular complexity index is 659. The predicted molar refractivity (Wildman–Crippen MR) is 91.1 cm³/mol. The maximum absolute atomic E-state index is 12.8. The summed E-state index contributed by atoms with van der Waals surface area (Å²) in [6.07, 6.45) is 0.583. The van der Waals surface area contributed by atoms with Crippen LogP contribution in [0.25, 0.3) is 0 Å². The van der Waals surface area contributed by atoms with E-state index in [2.05, 4.69) is 0 Å². The first kappa shape index (κ1) is 18.5. The summed E-state index contributed by atoms with van der Waals surface area (Å²) in [5.41, 5.74) is 0.368. The molecule has 1 aromatic rings.